The van der Waals surface area contributed by atoms with Gasteiger partial charge in [-0.25, -0.2) is 22.2 Å². The largest absolute Gasteiger partial charge is 0.497 e. The molecule has 0 radical (unpaired) electrons. The molecule has 0 fully saturated rings. The smallest absolute Gasteiger partial charge is 0.247 e. The number of rotatable bonds is 6. The summed E-state index contributed by atoms with van der Waals surface area (Å²) in [5.74, 6) is -1.50. The number of nitrogens with one attached hydrogen (secondary N) is 1. The molecule has 1 atom stereocenters. The Morgan fingerprint density at radius 1 is 1.15 bits per heavy atom. The molecule has 0 aliphatic carbocycles. The van der Waals surface area contributed by atoms with Crippen molar-refractivity contribution in [1.29, 1.82) is 0 Å². The van der Waals surface area contributed by atoms with Gasteiger partial charge >= 0.3 is 0 Å². The normalized spacial score (nSPS) is 12.7. The number of aryl methyl sites for hydroxylation is 1. The molecular formula is C18H17F2N3O3S. The van der Waals surface area contributed by atoms with Crippen molar-refractivity contribution in [2.75, 3.05) is 7.11 Å². The van der Waals surface area contributed by atoms with E-state index in [1.807, 2.05) is 0 Å². The van der Waals surface area contributed by atoms with Crippen molar-refractivity contribution in [2.45, 2.75) is 10.9 Å². The summed E-state index contributed by atoms with van der Waals surface area (Å²) >= 11 is 0. The summed E-state index contributed by atoms with van der Waals surface area (Å²) < 4.78 is 62.7. The lowest BCUT2D eigenvalue weighted by atomic mass is 10.1. The zero-order valence-corrected chi connectivity index (χ0v) is 15.4. The van der Waals surface area contributed by atoms with E-state index in [4.69, 9.17) is 4.74 Å². The van der Waals surface area contributed by atoms with Crippen LogP contribution in [-0.2, 0) is 17.1 Å². The minimum atomic E-state index is -4.53. The highest BCUT2D eigenvalue weighted by Crippen LogP contribution is 2.27. The summed E-state index contributed by atoms with van der Waals surface area (Å²) in [5, 5.41) is 0. The Kier molecular flexibility index (Phi) is 5.24. The van der Waals surface area contributed by atoms with E-state index in [2.05, 4.69) is 9.71 Å². The lowest BCUT2D eigenvalue weighted by molar-refractivity contribution is 0.413. The number of hydrogen-bond acceptors (Lipinski definition) is 4. The van der Waals surface area contributed by atoms with E-state index in [1.54, 1.807) is 42.1 Å². The first kappa shape index (κ1) is 19.0. The second kappa shape index (κ2) is 7.45. The minimum absolute atomic E-state index is 0.351. The Morgan fingerprint density at radius 2 is 1.81 bits per heavy atom. The second-order valence-corrected chi connectivity index (χ2v) is 7.43. The van der Waals surface area contributed by atoms with Crippen LogP contribution in [0.25, 0.3) is 0 Å². The number of ether oxygens (including phenoxy) is 1. The molecule has 0 spiro atoms. The molecule has 9 heteroatoms. The molecule has 6 nitrogen and oxygen atoms in total. The van der Waals surface area contributed by atoms with Gasteiger partial charge in [-0.3, -0.25) is 0 Å². The number of methoxy groups -OCH3 is 1. The fraction of sp³-hybridized carbons (Fsp3) is 0.167. The van der Waals surface area contributed by atoms with Gasteiger partial charge in [0.25, 0.3) is 0 Å². The maximum Gasteiger partial charge on any atom is 0.247 e. The molecule has 1 N–H and O–H groups in total. The summed E-state index contributed by atoms with van der Waals surface area (Å²) in [6.07, 6.45) is 3.14. The molecule has 0 saturated carbocycles. The average molecular weight is 393 g/mol. The lowest BCUT2D eigenvalue weighted by Gasteiger charge is -2.20. The van der Waals surface area contributed by atoms with Crippen LogP contribution in [0.4, 0.5) is 8.78 Å². The van der Waals surface area contributed by atoms with Gasteiger partial charge in [-0.15, -0.1) is 0 Å². The first-order valence-corrected chi connectivity index (χ1v) is 9.39. The van der Waals surface area contributed by atoms with Crippen molar-refractivity contribution >= 4 is 10.0 Å². The maximum absolute atomic E-state index is 14.0. The third kappa shape index (κ3) is 3.83. The van der Waals surface area contributed by atoms with E-state index >= 15 is 0 Å². The SMILES string of the molecule is COc1cccc(C(NS(=O)(=O)c2c(F)cccc2F)c2nccn2C)c1. The molecule has 0 amide bonds. The summed E-state index contributed by atoms with van der Waals surface area (Å²) in [6.45, 7) is 0. The number of halogens is 2. The first-order chi connectivity index (χ1) is 12.8. The molecule has 3 aromatic rings. The molecular weight excluding hydrogens is 376 g/mol. The van der Waals surface area contributed by atoms with E-state index in [1.165, 1.54) is 13.3 Å². The van der Waals surface area contributed by atoms with Crippen molar-refractivity contribution in [2.24, 2.45) is 7.05 Å². The summed E-state index contributed by atoms with van der Waals surface area (Å²) in [4.78, 5) is 3.14. The van der Waals surface area contributed by atoms with Gasteiger partial charge in [0, 0.05) is 19.4 Å². The third-order valence-corrected chi connectivity index (χ3v) is 5.48. The third-order valence-electron chi connectivity index (χ3n) is 4.00. The summed E-state index contributed by atoms with van der Waals surface area (Å²) in [7, 11) is -1.36. The Hall–Kier alpha value is -2.78. The first-order valence-electron chi connectivity index (χ1n) is 7.91. The van der Waals surface area contributed by atoms with Gasteiger partial charge < -0.3 is 9.30 Å². The molecule has 142 valence electrons. The Bertz CT molecular complexity index is 1050. The second-order valence-electron chi connectivity index (χ2n) is 5.78. The standard InChI is InChI=1S/C18H17F2N3O3S/c1-23-10-9-21-18(23)16(12-5-3-6-13(11-12)26-2)22-27(24,25)17-14(19)7-4-8-15(17)20/h3-11,16,22H,1-2H3. The van der Waals surface area contributed by atoms with Gasteiger partial charge in [0.1, 0.15) is 29.3 Å². The Balaban J connectivity index is 2.10. The fourth-order valence-electron chi connectivity index (χ4n) is 2.70. The molecule has 27 heavy (non-hydrogen) atoms. The van der Waals surface area contributed by atoms with Crippen molar-refractivity contribution in [1.82, 2.24) is 14.3 Å². The highest BCUT2D eigenvalue weighted by Gasteiger charge is 2.30. The monoisotopic (exact) mass is 393 g/mol. The van der Waals surface area contributed by atoms with Crippen molar-refractivity contribution in [3.05, 3.63) is 77.9 Å². The molecule has 0 saturated heterocycles. The fourth-order valence-corrected chi connectivity index (χ4v) is 4.02. The quantitative estimate of drug-likeness (QED) is 0.699. The van der Waals surface area contributed by atoms with Crippen LogP contribution in [0.2, 0.25) is 0 Å². The molecule has 3 rings (SSSR count). The molecule has 0 bridgehead atoms. The number of sulfonamides is 1. The topological polar surface area (TPSA) is 73.2 Å². The van der Waals surface area contributed by atoms with Crippen molar-refractivity contribution in [3.8, 4) is 5.75 Å². The van der Waals surface area contributed by atoms with Gasteiger partial charge in [-0.1, -0.05) is 18.2 Å². The van der Waals surface area contributed by atoms with Gasteiger partial charge in [0.05, 0.1) is 7.11 Å². The minimum Gasteiger partial charge on any atom is -0.497 e. The van der Waals surface area contributed by atoms with Gasteiger partial charge in [-0.2, -0.15) is 4.72 Å². The van der Waals surface area contributed by atoms with E-state index in [0.29, 0.717) is 17.1 Å². The zero-order chi connectivity index (χ0) is 19.6. The predicted octanol–water partition coefficient (Wildman–Crippen LogP) is 2.77. The number of imidazole rings is 1. The van der Waals surface area contributed by atoms with Crippen LogP contribution < -0.4 is 9.46 Å². The van der Waals surface area contributed by atoms with Crippen LogP contribution in [0.5, 0.6) is 5.75 Å². The van der Waals surface area contributed by atoms with Crippen LogP contribution in [0.15, 0.2) is 59.8 Å². The van der Waals surface area contributed by atoms with Crippen LogP contribution in [-0.4, -0.2) is 25.1 Å². The van der Waals surface area contributed by atoms with Crippen LogP contribution in [0.3, 0.4) is 0 Å². The average Bonchev–Trinajstić information content (AvgIpc) is 3.05. The van der Waals surface area contributed by atoms with Crippen LogP contribution in [0.1, 0.15) is 17.4 Å². The number of hydrogen-bond donors (Lipinski definition) is 1. The molecule has 0 aliphatic heterocycles. The zero-order valence-electron chi connectivity index (χ0n) is 14.6. The molecule has 2 aromatic carbocycles. The van der Waals surface area contributed by atoms with E-state index in [9.17, 15) is 17.2 Å². The highest BCUT2D eigenvalue weighted by atomic mass is 32.2. The van der Waals surface area contributed by atoms with Crippen LogP contribution >= 0.6 is 0 Å². The Labute approximate surface area is 155 Å². The van der Waals surface area contributed by atoms with E-state index in [0.717, 1.165) is 18.2 Å². The van der Waals surface area contributed by atoms with Crippen LogP contribution in [0, 0.1) is 11.6 Å². The lowest BCUT2D eigenvalue weighted by Crippen LogP contribution is -2.32. The highest BCUT2D eigenvalue weighted by molar-refractivity contribution is 7.89. The number of aromatic nitrogens is 2. The molecule has 0 aliphatic rings. The van der Waals surface area contributed by atoms with E-state index in [-0.39, 0.29) is 0 Å². The number of benzene rings is 2. The predicted molar refractivity (Wildman–Crippen MR) is 94.7 cm³/mol. The number of nitrogens with zero attached hydrogens (tertiary/aromatic N) is 2. The van der Waals surface area contributed by atoms with Gasteiger partial charge in [0.15, 0.2) is 4.90 Å². The van der Waals surface area contributed by atoms with Gasteiger partial charge in [-0.05, 0) is 29.8 Å². The Morgan fingerprint density at radius 3 is 2.41 bits per heavy atom. The van der Waals surface area contributed by atoms with Crippen molar-refractivity contribution in [3.63, 3.8) is 0 Å². The summed E-state index contributed by atoms with van der Waals surface area (Å²) in [5.41, 5.74) is 0.504. The molecule has 1 aromatic heterocycles. The van der Waals surface area contributed by atoms with Gasteiger partial charge in [0.2, 0.25) is 10.0 Å². The van der Waals surface area contributed by atoms with E-state index < -0.39 is 32.6 Å². The summed E-state index contributed by atoms with van der Waals surface area (Å²) in [6, 6.07) is 8.57. The maximum atomic E-state index is 14.0. The molecule has 1 heterocycles. The molecule has 1 unspecified atom stereocenters. The van der Waals surface area contributed by atoms with Crippen molar-refractivity contribution < 1.29 is 21.9 Å².